The Kier molecular flexibility index (Phi) is 3.83. The molecule has 0 bridgehead atoms. The summed E-state index contributed by atoms with van der Waals surface area (Å²) >= 11 is 0. The van der Waals surface area contributed by atoms with Crippen LogP contribution in [0.4, 0.5) is 0 Å². The lowest BCUT2D eigenvalue weighted by atomic mass is 10.1. The lowest BCUT2D eigenvalue weighted by Gasteiger charge is -2.07. The summed E-state index contributed by atoms with van der Waals surface area (Å²) in [5.74, 6) is 0. The molecule has 0 aromatic rings. The van der Waals surface area contributed by atoms with Gasteiger partial charge in [-0.3, -0.25) is 0 Å². The van der Waals surface area contributed by atoms with Crippen molar-refractivity contribution in [3.63, 3.8) is 0 Å². The van der Waals surface area contributed by atoms with E-state index in [1.807, 2.05) is 6.92 Å². The molecule has 0 fully saturated rings. The zero-order valence-corrected chi connectivity index (χ0v) is 5.33. The van der Waals surface area contributed by atoms with E-state index in [9.17, 15) is 0 Å². The van der Waals surface area contributed by atoms with Crippen molar-refractivity contribution < 1.29 is 10.2 Å². The topological polar surface area (TPSA) is 40.5 Å². The highest BCUT2D eigenvalue weighted by Crippen LogP contribution is 1.98. The largest absolute Gasteiger partial charge is 0.393 e. The summed E-state index contributed by atoms with van der Waals surface area (Å²) in [5, 5.41) is 17.5. The molecule has 8 heavy (non-hydrogen) atoms. The van der Waals surface area contributed by atoms with Crippen LogP contribution < -0.4 is 0 Å². The average Bonchev–Trinajstić information content (AvgIpc) is 1.65. The Balaban J connectivity index is 3.10. The summed E-state index contributed by atoms with van der Waals surface area (Å²) < 4.78 is 0. The quantitative estimate of drug-likeness (QED) is 0.559. The lowest BCUT2D eigenvalue weighted by Crippen LogP contribution is -2.14. The maximum absolute atomic E-state index is 8.81. The normalized spacial score (nSPS) is 18.0. The second kappa shape index (κ2) is 3.87. The van der Waals surface area contributed by atoms with Crippen LogP contribution in [0.5, 0.6) is 0 Å². The zero-order valence-electron chi connectivity index (χ0n) is 5.33. The monoisotopic (exact) mass is 117 g/mol. The molecule has 2 atom stereocenters. The molecule has 2 nitrogen and oxygen atoms in total. The van der Waals surface area contributed by atoms with Crippen molar-refractivity contribution in [3.8, 4) is 0 Å². The summed E-state index contributed by atoms with van der Waals surface area (Å²) in [7, 11) is 0. The predicted octanol–water partition coefficient (Wildman–Crippen LogP) is 0.342. The first-order chi connectivity index (χ1) is 3.66. The Hall–Kier alpha value is -0.0800. The third-order valence-corrected chi connectivity index (χ3v) is 0.919. The Morgan fingerprint density at radius 2 is 2.00 bits per heavy atom. The van der Waals surface area contributed by atoms with E-state index in [0.717, 1.165) is 0 Å². The van der Waals surface area contributed by atoms with E-state index < -0.39 is 12.2 Å². The molecule has 0 heterocycles. The standard InChI is InChI=1S/C6H13O2/c1-3-6(8)4-5(2)7/h4-8H,3H2,1-2H3. The van der Waals surface area contributed by atoms with Gasteiger partial charge in [0, 0.05) is 6.42 Å². The predicted molar refractivity (Wildman–Crippen MR) is 32.3 cm³/mol. The van der Waals surface area contributed by atoms with Crippen molar-refractivity contribution in [3.05, 3.63) is 6.42 Å². The van der Waals surface area contributed by atoms with Crippen LogP contribution in [-0.2, 0) is 0 Å². The van der Waals surface area contributed by atoms with Gasteiger partial charge in [-0.05, 0) is 13.3 Å². The van der Waals surface area contributed by atoms with Crippen molar-refractivity contribution in [2.45, 2.75) is 32.5 Å². The molecule has 0 aliphatic heterocycles. The molecule has 0 saturated heterocycles. The van der Waals surface area contributed by atoms with Crippen LogP contribution in [0.15, 0.2) is 0 Å². The Morgan fingerprint density at radius 1 is 1.50 bits per heavy atom. The molecule has 1 radical (unpaired) electrons. The lowest BCUT2D eigenvalue weighted by molar-refractivity contribution is 0.144. The van der Waals surface area contributed by atoms with Crippen molar-refractivity contribution in [2.24, 2.45) is 0 Å². The summed E-state index contributed by atoms with van der Waals surface area (Å²) in [6, 6.07) is 0. The molecule has 0 aliphatic rings. The minimum atomic E-state index is -0.495. The van der Waals surface area contributed by atoms with E-state index in [2.05, 4.69) is 0 Å². The van der Waals surface area contributed by atoms with Gasteiger partial charge in [-0.2, -0.15) is 0 Å². The van der Waals surface area contributed by atoms with E-state index in [-0.39, 0.29) is 0 Å². The summed E-state index contributed by atoms with van der Waals surface area (Å²) in [6.45, 7) is 3.49. The molecule has 2 N–H and O–H groups in total. The van der Waals surface area contributed by atoms with Crippen LogP contribution in [0, 0.1) is 6.42 Å². The van der Waals surface area contributed by atoms with Crippen LogP contribution in [-0.4, -0.2) is 22.4 Å². The Labute approximate surface area is 50.2 Å². The molecule has 49 valence electrons. The maximum Gasteiger partial charge on any atom is 0.0595 e. The molecule has 0 rings (SSSR count). The Bertz CT molecular complexity index is 52.5. The van der Waals surface area contributed by atoms with Crippen LogP contribution in [0.3, 0.4) is 0 Å². The van der Waals surface area contributed by atoms with Gasteiger partial charge in [-0.1, -0.05) is 6.92 Å². The van der Waals surface area contributed by atoms with Gasteiger partial charge in [0.2, 0.25) is 0 Å². The summed E-state index contributed by atoms with van der Waals surface area (Å²) in [4.78, 5) is 0. The highest BCUT2D eigenvalue weighted by Gasteiger charge is 2.03. The highest BCUT2D eigenvalue weighted by atomic mass is 16.3. The number of aliphatic hydroxyl groups is 2. The molecule has 2 heteroatoms. The fraction of sp³-hybridized carbons (Fsp3) is 0.833. The Morgan fingerprint density at radius 3 is 2.12 bits per heavy atom. The molecular formula is C6H13O2. The van der Waals surface area contributed by atoms with Gasteiger partial charge in [0.1, 0.15) is 0 Å². The third-order valence-electron chi connectivity index (χ3n) is 0.919. The molecule has 0 spiro atoms. The number of hydrogen-bond acceptors (Lipinski definition) is 2. The second-order valence-corrected chi connectivity index (χ2v) is 1.91. The van der Waals surface area contributed by atoms with Gasteiger partial charge in [0.15, 0.2) is 0 Å². The second-order valence-electron chi connectivity index (χ2n) is 1.91. The van der Waals surface area contributed by atoms with Crippen LogP contribution in [0.2, 0.25) is 0 Å². The van der Waals surface area contributed by atoms with E-state index in [1.54, 1.807) is 6.92 Å². The number of aliphatic hydroxyl groups excluding tert-OH is 2. The van der Waals surface area contributed by atoms with Crippen molar-refractivity contribution in [1.82, 2.24) is 0 Å². The minimum absolute atomic E-state index is 0.449. The average molecular weight is 117 g/mol. The van der Waals surface area contributed by atoms with Gasteiger partial charge in [0.25, 0.3) is 0 Å². The van der Waals surface area contributed by atoms with Crippen LogP contribution in [0.1, 0.15) is 20.3 Å². The van der Waals surface area contributed by atoms with Gasteiger partial charge >= 0.3 is 0 Å². The molecule has 0 aliphatic carbocycles. The molecule has 0 aromatic heterocycles. The number of hydrogen-bond donors (Lipinski definition) is 2. The fourth-order valence-electron chi connectivity index (χ4n) is 0.458. The van der Waals surface area contributed by atoms with E-state index in [0.29, 0.717) is 6.42 Å². The number of rotatable bonds is 3. The van der Waals surface area contributed by atoms with Gasteiger partial charge in [-0.25, -0.2) is 0 Å². The van der Waals surface area contributed by atoms with Crippen molar-refractivity contribution in [2.75, 3.05) is 0 Å². The minimum Gasteiger partial charge on any atom is -0.393 e. The smallest absolute Gasteiger partial charge is 0.0595 e. The summed E-state index contributed by atoms with van der Waals surface area (Å²) in [5.41, 5.74) is 0. The highest BCUT2D eigenvalue weighted by molar-refractivity contribution is 4.78. The van der Waals surface area contributed by atoms with E-state index >= 15 is 0 Å². The zero-order chi connectivity index (χ0) is 6.57. The van der Waals surface area contributed by atoms with E-state index in [1.165, 1.54) is 6.42 Å². The first-order valence-electron chi connectivity index (χ1n) is 2.88. The van der Waals surface area contributed by atoms with Crippen LogP contribution >= 0.6 is 0 Å². The third kappa shape index (κ3) is 4.09. The van der Waals surface area contributed by atoms with E-state index in [4.69, 9.17) is 10.2 Å². The SMILES string of the molecule is CCC(O)[CH]C(C)O. The van der Waals surface area contributed by atoms with Crippen molar-refractivity contribution in [1.29, 1.82) is 0 Å². The van der Waals surface area contributed by atoms with Gasteiger partial charge in [-0.15, -0.1) is 0 Å². The van der Waals surface area contributed by atoms with Gasteiger partial charge in [0.05, 0.1) is 12.2 Å². The molecule has 2 unspecified atom stereocenters. The molecule has 0 amide bonds. The summed E-state index contributed by atoms with van der Waals surface area (Å²) in [6.07, 6.45) is 1.23. The fourth-order valence-corrected chi connectivity index (χ4v) is 0.458. The molecule has 0 saturated carbocycles. The van der Waals surface area contributed by atoms with Crippen molar-refractivity contribution >= 4 is 0 Å². The first kappa shape index (κ1) is 7.92. The molecule has 0 aromatic carbocycles. The maximum atomic E-state index is 8.81. The first-order valence-corrected chi connectivity index (χ1v) is 2.88. The van der Waals surface area contributed by atoms with Crippen LogP contribution in [0.25, 0.3) is 0 Å². The molecular weight excluding hydrogens is 104 g/mol. The van der Waals surface area contributed by atoms with Gasteiger partial charge < -0.3 is 10.2 Å².